The number of hydrogen-bond donors (Lipinski definition) is 0. The smallest absolute Gasteiger partial charge is 0.211 e. The van der Waals surface area contributed by atoms with Crippen molar-refractivity contribution in [2.24, 2.45) is 4.99 Å². The molecule has 2 rings (SSSR count). The molecule has 0 atom stereocenters. The van der Waals surface area contributed by atoms with Crippen LogP contribution in [0.2, 0.25) is 0 Å². The monoisotopic (exact) mass is 223 g/mol. The molecule has 4 heteroatoms. The van der Waals surface area contributed by atoms with Crippen LogP contribution < -0.4 is 0 Å². The molecule has 0 spiro atoms. The average Bonchev–Trinajstić information content (AvgIpc) is 2.99. The van der Waals surface area contributed by atoms with Crippen molar-refractivity contribution in [2.45, 2.75) is 31.2 Å². The second-order valence-corrected chi connectivity index (χ2v) is 4.03. The number of aliphatic imine (C=N–C) groups is 1. The SMILES string of the molecule is O=C=NC1(c2ccc(CC(F)F)cc2)CC1. The molecule has 1 aromatic carbocycles. The van der Waals surface area contributed by atoms with Gasteiger partial charge in [-0.2, -0.15) is 4.99 Å². The Morgan fingerprint density at radius 3 is 2.38 bits per heavy atom. The number of nitrogens with zero attached hydrogens (tertiary/aromatic N) is 1. The van der Waals surface area contributed by atoms with E-state index in [4.69, 9.17) is 0 Å². The van der Waals surface area contributed by atoms with Crippen molar-refractivity contribution in [3.8, 4) is 0 Å². The fourth-order valence-electron chi connectivity index (χ4n) is 1.80. The average molecular weight is 223 g/mol. The molecule has 0 heterocycles. The molecule has 0 radical (unpaired) electrons. The van der Waals surface area contributed by atoms with Crippen LogP contribution in [0.15, 0.2) is 29.3 Å². The predicted molar refractivity (Wildman–Crippen MR) is 55.2 cm³/mol. The lowest BCUT2D eigenvalue weighted by molar-refractivity contribution is 0.149. The number of carbonyl (C=O) groups excluding carboxylic acids is 1. The first-order valence-electron chi connectivity index (χ1n) is 5.13. The molecule has 1 aliphatic rings. The van der Waals surface area contributed by atoms with Gasteiger partial charge < -0.3 is 0 Å². The summed E-state index contributed by atoms with van der Waals surface area (Å²) in [5, 5.41) is 0. The number of benzene rings is 1. The highest BCUT2D eigenvalue weighted by atomic mass is 19.3. The van der Waals surface area contributed by atoms with Crippen molar-refractivity contribution in [3.63, 3.8) is 0 Å². The molecule has 0 saturated heterocycles. The largest absolute Gasteiger partial charge is 0.242 e. The standard InChI is InChI=1S/C12H11F2NO/c13-11(14)7-9-1-3-10(4-2-9)12(5-6-12)15-8-16/h1-4,11H,5-7H2. The molecule has 1 aliphatic carbocycles. The van der Waals surface area contributed by atoms with Crippen LogP contribution in [0.3, 0.4) is 0 Å². The molecular formula is C12H11F2NO. The summed E-state index contributed by atoms with van der Waals surface area (Å²) in [5.41, 5.74) is 1.10. The Hall–Kier alpha value is -1.54. The van der Waals surface area contributed by atoms with Crippen molar-refractivity contribution in [1.82, 2.24) is 0 Å². The zero-order valence-electron chi connectivity index (χ0n) is 8.62. The van der Waals surface area contributed by atoms with Crippen LogP contribution in [0.1, 0.15) is 24.0 Å². The zero-order chi connectivity index (χ0) is 11.6. The topological polar surface area (TPSA) is 29.4 Å². The van der Waals surface area contributed by atoms with Gasteiger partial charge in [-0.25, -0.2) is 13.6 Å². The Balaban J connectivity index is 2.16. The van der Waals surface area contributed by atoms with Gasteiger partial charge >= 0.3 is 0 Å². The van der Waals surface area contributed by atoms with Crippen LogP contribution in [0.5, 0.6) is 0 Å². The van der Waals surface area contributed by atoms with Crippen LogP contribution in [0.4, 0.5) is 8.78 Å². The summed E-state index contributed by atoms with van der Waals surface area (Å²) in [6, 6.07) is 6.88. The van der Waals surface area contributed by atoms with Crippen LogP contribution in [0.25, 0.3) is 0 Å². The van der Waals surface area contributed by atoms with Gasteiger partial charge in [-0.1, -0.05) is 24.3 Å². The van der Waals surface area contributed by atoms with Crippen LogP contribution in [-0.4, -0.2) is 12.5 Å². The fraction of sp³-hybridized carbons (Fsp3) is 0.417. The first kappa shape index (κ1) is 11.0. The van der Waals surface area contributed by atoms with E-state index in [1.165, 1.54) is 0 Å². The van der Waals surface area contributed by atoms with Gasteiger partial charge in [0.2, 0.25) is 12.5 Å². The summed E-state index contributed by atoms with van der Waals surface area (Å²) in [5.74, 6) is 0. The Morgan fingerprint density at radius 1 is 1.31 bits per heavy atom. The summed E-state index contributed by atoms with van der Waals surface area (Å²) >= 11 is 0. The van der Waals surface area contributed by atoms with E-state index in [-0.39, 0.29) is 6.42 Å². The molecule has 0 N–H and O–H groups in total. The normalized spacial score (nSPS) is 16.9. The van der Waals surface area contributed by atoms with Crippen molar-refractivity contribution >= 4 is 6.08 Å². The number of rotatable bonds is 4. The first-order valence-corrected chi connectivity index (χ1v) is 5.13. The van der Waals surface area contributed by atoms with E-state index in [2.05, 4.69) is 4.99 Å². The Kier molecular flexibility index (Phi) is 2.84. The molecule has 1 saturated carbocycles. The van der Waals surface area contributed by atoms with Gasteiger partial charge in [0.15, 0.2) is 0 Å². The van der Waals surface area contributed by atoms with Crippen LogP contribution in [0, 0.1) is 0 Å². The summed E-state index contributed by atoms with van der Waals surface area (Å²) in [6.07, 6.45) is 0.673. The lowest BCUT2D eigenvalue weighted by Crippen LogP contribution is -2.03. The molecule has 0 aromatic heterocycles. The van der Waals surface area contributed by atoms with Gasteiger partial charge in [-0.15, -0.1) is 0 Å². The highest BCUT2D eigenvalue weighted by molar-refractivity contribution is 5.41. The summed E-state index contributed by atoms with van der Waals surface area (Å²) < 4.78 is 24.2. The Labute approximate surface area is 92.0 Å². The second kappa shape index (κ2) is 4.14. The van der Waals surface area contributed by atoms with Crippen LogP contribution >= 0.6 is 0 Å². The van der Waals surface area contributed by atoms with E-state index in [0.717, 1.165) is 18.4 Å². The van der Waals surface area contributed by atoms with Gasteiger partial charge in [0.05, 0.1) is 5.54 Å². The van der Waals surface area contributed by atoms with Gasteiger partial charge in [-0.05, 0) is 24.0 Å². The third kappa shape index (κ3) is 2.17. The second-order valence-electron chi connectivity index (χ2n) is 4.03. The molecule has 0 amide bonds. The minimum absolute atomic E-state index is 0.232. The lowest BCUT2D eigenvalue weighted by Gasteiger charge is -2.08. The minimum atomic E-state index is -2.33. The molecule has 16 heavy (non-hydrogen) atoms. The maximum absolute atomic E-state index is 12.1. The molecule has 84 valence electrons. The molecule has 0 bridgehead atoms. The number of alkyl halides is 2. The zero-order valence-corrected chi connectivity index (χ0v) is 8.62. The fourth-order valence-corrected chi connectivity index (χ4v) is 1.80. The third-order valence-corrected chi connectivity index (χ3v) is 2.86. The van der Waals surface area contributed by atoms with Crippen molar-refractivity contribution < 1.29 is 13.6 Å². The van der Waals surface area contributed by atoms with E-state index < -0.39 is 12.0 Å². The highest BCUT2D eigenvalue weighted by Gasteiger charge is 2.44. The van der Waals surface area contributed by atoms with Gasteiger partial charge in [0.1, 0.15) is 0 Å². The molecule has 2 nitrogen and oxygen atoms in total. The number of hydrogen-bond acceptors (Lipinski definition) is 2. The van der Waals surface area contributed by atoms with E-state index in [1.54, 1.807) is 30.3 Å². The predicted octanol–water partition coefficient (Wildman–Crippen LogP) is 2.82. The number of halogens is 2. The van der Waals surface area contributed by atoms with E-state index >= 15 is 0 Å². The van der Waals surface area contributed by atoms with Gasteiger partial charge in [0, 0.05) is 6.42 Å². The molecular weight excluding hydrogens is 212 g/mol. The van der Waals surface area contributed by atoms with E-state index in [9.17, 15) is 13.6 Å². The summed E-state index contributed by atoms with van der Waals surface area (Å²) in [4.78, 5) is 14.0. The molecule has 1 aromatic rings. The van der Waals surface area contributed by atoms with Gasteiger partial charge in [-0.3, -0.25) is 0 Å². The molecule has 0 unspecified atom stereocenters. The lowest BCUT2D eigenvalue weighted by atomic mass is 10.0. The summed E-state index contributed by atoms with van der Waals surface area (Å²) in [6.45, 7) is 0. The van der Waals surface area contributed by atoms with E-state index in [0.29, 0.717) is 5.56 Å². The number of isocyanates is 1. The van der Waals surface area contributed by atoms with Crippen molar-refractivity contribution in [3.05, 3.63) is 35.4 Å². The highest BCUT2D eigenvalue weighted by Crippen LogP contribution is 2.49. The maximum atomic E-state index is 12.1. The van der Waals surface area contributed by atoms with Crippen molar-refractivity contribution in [2.75, 3.05) is 0 Å². The van der Waals surface area contributed by atoms with E-state index in [1.807, 2.05) is 0 Å². The molecule has 0 aliphatic heterocycles. The molecule has 1 fully saturated rings. The van der Waals surface area contributed by atoms with Crippen LogP contribution in [-0.2, 0) is 16.8 Å². The first-order chi connectivity index (χ1) is 7.66. The summed E-state index contributed by atoms with van der Waals surface area (Å²) in [7, 11) is 0. The van der Waals surface area contributed by atoms with Crippen molar-refractivity contribution in [1.29, 1.82) is 0 Å². The minimum Gasteiger partial charge on any atom is -0.211 e. The third-order valence-electron chi connectivity index (χ3n) is 2.86. The van der Waals surface area contributed by atoms with Gasteiger partial charge in [0.25, 0.3) is 0 Å². The quantitative estimate of drug-likeness (QED) is 0.570. The Morgan fingerprint density at radius 2 is 1.94 bits per heavy atom. The maximum Gasteiger partial charge on any atom is 0.242 e. The Bertz CT molecular complexity index is 417.